The van der Waals surface area contributed by atoms with Crippen molar-refractivity contribution in [3.05, 3.63) is 213 Å². The predicted molar refractivity (Wildman–Crippen MR) is 336 cm³/mol. The summed E-state index contributed by atoms with van der Waals surface area (Å²) in [5.74, 6) is -1.71. The van der Waals surface area contributed by atoms with Gasteiger partial charge in [-0.3, -0.25) is 19.4 Å². The molecule has 0 bridgehead atoms. The van der Waals surface area contributed by atoms with Crippen molar-refractivity contribution in [3.8, 4) is 0 Å². The van der Waals surface area contributed by atoms with Gasteiger partial charge in [0, 0.05) is 87.7 Å². The minimum atomic E-state index is -5.04. The molecule has 23 heteroatoms. The molecule has 93 heavy (non-hydrogen) atoms. The second-order valence-corrected chi connectivity index (χ2v) is 25.1. The normalized spacial score (nSPS) is 20.7. The van der Waals surface area contributed by atoms with Crippen molar-refractivity contribution in [3.63, 3.8) is 0 Å². The van der Waals surface area contributed by atoms with Crippen LogP contribution in [-0.2, 0) is 50.6 Å². The van der Waals surface area contributed by atoms with Gasteiger partial charge in [-0.05, 0) is 149 Å². The van der Waals surface area contributed by atoms with Crippen LogP contribution in [-0.4, -0.2) is 129 Å². The minimum absolute atomic E-state index is 0. The summed E-state index contributed by atoms with van der Waals surface area (Å²) < 4.78 is 162. The first-order valence-electron chi connectivity index (χ1n) is 31.3. The molecule has 4 fully saturated rings. The third kappa shape index (κ3) is 20.8. The molecule has 4 atom stereocenters. The number of carbonyl (C=O) groups excluding carboxylic acids is 2. The first kappa shape index (κ1) is 72.4. The van der Waals surface area contributed by atoms with Crippen molar-refractivity contribution in [1.82, 2.24) is 30.2 Å². The third-order valence-corrected chi connectivity index (χ3v) is 18.4. The SMILES string of the molecule is O=C(c1cc(C(F)(F)F)cc(C(F)(F)F)c1)N1CCC(NCCC2(O)CCN(Cc3ccccc3)CC2)CC1Cc1ccccc1.O=C(c1cc(C(F)(F)F)cc(C(F)(F)F)c1)N1CCC(NCCC2(O)CCN(Cc3ccccc3)CC2)CC1Cc1ccccc1.S. The van der Waals surface area contributed by atoms with Crippen LogP contribution in [0.5, 0.6) is 0 Å². The first-order chi connectivity index (χ1) is 43.6. The fraction of sp³-hybridized carbons (Fsp3) is 0.457. The van der Waals surface area contributed by atoms with Crippen LogP contribution >= 0.6 is 13.5 Å². The maximum atomic E-state index is 13.6. The van der Waals surface area contributed by atoms with E-state index in [4.69, 9.17) is 0 Å². The zero-order valence-electron chi connectivity index (χ0n) is 51.4. The average Bonchev–Trinajstić information content (AvgIpc) is 0.817. The number of hydrogen-bond acceptors (Lipinski definition) is 8. The molecular weight excluding hydrogens is 1250 g/mol. The van der Waals surface area contributed by atoms with Gasteiger partial charge in [0.1, 0.15) is 0 Å². The van der Waals surface area contributed by atoms with Crippen LogP contribution in [0.2, 0.25) is 0 Å². The van der Waals surface area contributed by atoms with Crippen molar-refractivity contribution in [2.45, 2.75) is 150 Å². The fourth-order valence-electron chi connectivity index (χ4n) is 13.1. The molecule has 4 aliphatic rings. The molecule has 4 unspecified atom stereocenters. The standard InChI is InChI=1S/2C35H39F6N3O2.H2S/c2*36-34(37,38)28-20-27(21-29(22-28)35(39,40)41)32(45)44-16-11-30(23-31(44)19-25-7-3-1-4-8-25)42-15-12-33(46)13-17-43(18-14-33)24-26-9-5-2-6-10-26;/h2*1-10,20-22,30-31,42,46H,11-19,23-24H2;1H2. The Hall–Kier alpha value is -6.47. The van der Waals surface area contributed by atoms with Gasteiger partial charge in [-0.2, -0.15) is 66.2 Å². The van der Waals surface area contributed by atoms with Crippen molar-refractivity contribution in [1.29, 1.82) is 0 Å². The Morgan fingerprint density at radius 3 is 0.978 bits per heavy atom. The summed E-state index contributed by atoms with van der Waals surface area (Å²) in [5, 5.41) is 29.5. The monoisotopic (exact) mass is 1330 g/mol. The molecule has 0 aliphatic carbocycles. The molecule has 6 aromatic rings. The summed E-state index contributed by atoms with van der Waals surface area (Å²) in [6, 6.07) is 40.1. The number of hydrogen-bond donors (Lipinski definition) is 4. The number of carbonyl (C=O) groups is 2. The number of nitrogens with one attached hydrogen (secondary N) is 2. The van der Waals surface area contributed by atoms with Gasteiger partial charge in [-0.15, -0.1) is 0 Å². The van der Waals surface area contributed by atoms with Gasteiger partial charge in [-0.1, -0.05) is 121 Å². The maximum Gasteiger partial charge on any atom is 0.416 e. The van der Waals surface area contributed by atoms with Crippen LogP contribution in [0.15, 0.2) is 158 Å². The first-order valence-corrected chi connectivity index (χ1v) is 31.3. The summed E-state index contributed by atoms with van der Waals surface area (Å²) in [6.07, 6.45) is -13.8. The van der Waals surface area contributed by atoms with Crippen molar-refractivity contribution >= 4 is 25.3 Å². The number of aliphatic hydroxyl groups is 2. The Bertz CT molecular complexity index is 3040. The molecule has 0 spiro atoms. The van der Waals surface area contributed by atoms with Gasteiger partial charge in [-0.25, -0.2) is 0 Å². The molecule has 4 saturated heterocycles. The topological polar surface area (TPSA) is 112 Å². The van der Waals surface area contributed by atoms with Crippen molar-refractivity contribution in [2.75, 3.05) is 52.4 Å². The largest absolute Gasteiger partial charge is 0.416 e. The van der Waals surface area contributed by atoms with Gasteiger partial charge >= 0.3 is 24.7 Å². The number of rotatable bonds is 18. The van der Waals surface area contributed by atoms with Gasteiger partial charge in [0.05, 0.1) is 33.5 Å². The van der Waals surface area contributed by atoms with Crippen LogP contribution in [0.3, 0.4) is 0 Å². The van der Waals surface area contributed by atoms with E-state index in [1.54, 1.807) is 0 Å². The van der Waals surface area contributed by atoms with E-state index < -0.39 is 93.2 Å². The van der Waals surface area contributed by atoms with E-state index >= 15 is 0 Å². The lowest BCUT2D eigenvalue weighted by Gasteiger charge is -2.41. The van der Waals surface area contributed by atoms with E-state index in [0.29, 0.717) is 114 Å². The van der Waals surface area contributed by atoms with E-state index in [9.17, 15) is 72.5 Å². The zero-order chi connectivity index (χ0) is 65.9. The van der Waals surface area contributed by atoms with Gasteiger partial charge in [0.25, 0.3) is 11.8 Å². The van der Waals surface area contributed by atoms with Crippen LogP contribution < -0.4 is 10.6 Å². The molecule has 2 amide bonds. The molecule has 0 aromatic heterocycles. The number of nitrogens with zero attached hydrogens (tertiary/aromatic N) is 4. The van der Waals surface area contributed by atoms with Crippen LogP contribution in [0.1, 0.15) is 129 Å². The lowest BCUT2D eigenvalue weighted by Crippen LogP contribution is -2.52. The van der Waals surface area contributed by atoms with E-state index in [-0.39, 0.29) is 50.8 Å². The summed E-state index contributed by atoms with van der Waals surface area (Å²) in [5.41, 5.74) is -4.60. The highest BCUT2D eigenvalue weighted by atomic mass is 32.1. The Morgan fingerprint density at radius 1 is 0.419 bits per heavy atom. The number of benzene rings is 6. The summed E-state index contributed by atoms with van der Waals surface area (Å²) in [4.78, 5) is 34.7. The second kappa shape index (κ2) is 31.4. The summed E-state index contributed by atoms with van der Waals surface area (Å²) >= 11 is 0. The van der Waals surface area contributed by atoms with E-state index in [1.807, 2.05) is 97.1 Å². The molecule has 0 saturated carbocycles. The number of piperidine rings is 4. The molecule has 4 heterocycles. The Kier molecular flexibility index (Phi) is 24.4. The van der Waals surface area contributed by atoms with E-state index in [2.05, 4.69) is 44.7 Å². The van der Waals surface area contributed by atoms with Crippen molar-refractivity contribution in [2.24, 2.45) is 0 Å². The van der Waals surface area contributed by atoms with E-state index in [0.717, 1.165) is 50.4 Å². The van der Waals surface area contributed by atoms with E-state index in [1.165, 1.54) is 20.9 Å². The van der Waals surface area contributed by atoms with Gasteiger partial charge < -0.3 is 30.6 Å². The highest BCUT2D eigenvalue weighted by molar-refractivity contribution is 7.59. The lowest BCUT2D eigenvalue weighted by atomic mass is 9.87. The van der Waals surface area contributed by atoms with Crippen molar-refractivity contribution < 1.29 is 72.5 Å². The minimum Gasteiger partial charge on any atom is -0.390 e. The van der Waals surface area contributed by atoms with Gasteiger partial charge in [0.2, 0.25) is 0 Å². The molecular formula is C70H80F12N6O4S. The Morgan fingerprint density at radius 2 is 0.699 bits per heavy atom. The smallest absolute Gasteiger partial charge is 0.390 e. The fourth-order valence-corrected chi connectivity index (χ4v) is 13.1. The number of halogens is 12. The highest BCUT2D eigenvalue weighted by Crippen LogP contribution is 2.40. The quantitative estimate of drug-likeness (QED) is 0.0630. The number of alkyl halides is 12. The molecule has 4 N–H and O–H groups in total. The van der Waals surface area contributed by atoms with Gasteiger partial charge in [0.15, 0.2) is 0 Å². The maximum absolute atomic E-state index is 13.6. The molecule has 10 rings (SSSR count). The lowest BCUT2D eigenvalue weighted by molar-refractivity contribution is -0.144. The van der Waals surface area contributed by atoms with Crippen LogP contribution in [0, 0.1) is 0 Å². The molecule has 10 nitrogen and oxygen atoms in total. The summed E-state index contributed by atoms with van der Waals surface area (Å²) in [7, 11) is 0. The molecule has 0 radical (unpaired) electrons. The number of likely N-dealkylation sites (tertiary alicyclic amines) is 4. The summed E-state index contributed by atoms with van der Waals surface area (Å²) in [6.45, 7) is 6.28. The predicted octanol–water partition coefficient (Wildman–Crippen LogP) is 14.0. The second-order valence-electron chi connectivity index (χ2n) is 25.1. The highest BCUT2D eigenvalue weighted by Gasteiger charge is 2.43. The molecule has 504 valence electrons. The molecule has 4 aliphatic heterocycles. The third-order valence-electron chi connectivity index (χ3n) is 18.4. The van der Waals surface area contributed by atoms with Crippen LogP contribution in [0.4, 0.5) is 52.7 Å². The zero-order valence-corrected chi connectivity index (χ0v) is 52.4. The Labute approximate surface area is 541 Å². The van der Waals surface area contributed by atoms with Crippen LogP contribution in [0.25, 0.3) is 0 Å². The number of amides is 2. The Balaban J connectivity index is 0.000000236. The average molecular weight is 1330 g/mol. The molecule has 6 aromatic carbocycles.